The van der Waals surface area contributed by atoms with E-state index in [-0.39, 0.29) is 35.1 Å². The van der Waals surface area contributed by atoms with Crippen molar-refractivity contribution in [3.05, 3.63) is 86.4 Å². The van der Waals surface area contributed by atoms with Crippen LogP contribution in [0.4, 0.5) is 0 Å². The zero-order chi connectivity index (χ0) is 35.6. The quantitative estimate of drug-likeness (QED) is 0.155. The predicted octanol–water partition coefficient (Wildman–Crippen LogP) is 13.0. The Hall–Kier alpha value is -3.07. The minimum atomic E-state index is -0.215. The van der Waals surface area contributed by atoms with E-state index in [4.69, 9.17) is 9.47 Å². The third-order valence-electron chi connectivity index (χ3n) is 7.04. The van der Waals surface area contributed by atoms with Gasteiger partial charge in [-0.25, -0.2) is 4.79 Å². The van der Waals surface area contributed by atoms with Gasteiger partial charge >= 0.3 is 5.97 Å². The Labute approximate surface area is 301 Å². The fourth-order valence-corrected chi connectivity index (χ4v) is 6.51. The lowest BCUT2D eigenvalue weighted by Gasteiger charge is -2.19. The second-order valence-electron chi connectivity index (χ2n) is 15.8. The van der Waals surface area contributed by atoms with Gasteiger partial charge in [-0.15, -0.1) is 28.6 Å². The Balaban J connectivity index is 0.000000326. The molecule has 2 aromatic heterocycles. The first-order valence-electron chi connectivity index (χ1n) is 16.6. The molecule has 0 bridgehead atoms. The van der Waals surface area contributed by atoms with Crippen LogP contribution < -0.4 is 4.74 Å². The van der Waals surface area contributed by atoms with Gasteiger partial charge in [0.25, 0.3) is 0 Å². The Kier molecular flexibility index (Phi) is 16.2. The van der Waals surface area contributed by atoms with Crippen LogP contribution >= 0.6 is 22.7 Å². The number of hydrogen-bond acceptors (Lipinski definition) is 5. The van der Waals surface area contributed by atoms with Gasteiger partial charge in [0.2, 0.25) is 0 Å². The summed E-state index contributed by atoms with van der Waals surface area (Å²) in [7, 11) is 0. The van der Waals surface area contributed by atoms with Crippen molar-refractivity contribution in [2.75, 3.05) is 13.2 Å². The van der Waals surface area contributed by atoms with E-state index in [1.165, 1.54) is 42.3 Å². The summed E-state index contributed by atoms with van der Waals surface area (Å²) >= 11 is 3.42. The first kappa shape index (κ1) is 43.0. The summed E-state index contributed by atoms with van der Waals surface area (Å²) in [5, 5.41) is 1.37. The van der Waals surface area contributed by atoms with Gasteiger partial charge in [0.15, 0.2) is 0 Å². The highest BCUT2D eigenvalue weighted by atomic mass is 32.1. The summed E-state index contributed by atoms with van der Waals surface area (Å²) < 4.78 is 11.8. The van der Waals surface area contributed by atoms with E-state index in [0.29, 0.717) is 11.5 Å². The minimum absolute atomic E-state index is 0. The predicted molar refractivity (Wildman–Crippen MR) is 213 cm³/mol. The third-order valence-corrected chi connectivity index (χ3v) is 10.1. The zero-order valence-electron chi connectivity index (χ0n) is 31.4. The van der Waals surface area contributed by atoms with Gasteiger partial charge in [-0.3, -0.25) is 0 Å². The molecule has 0 radical (unpaired) electrons. The lowest BCUT2D eigenvalue weighted by atomic mass is 9.86. The summed E-state index contributed by atoms with van der Waals surface area (Å²) in [6.07, 6.45) is 1.07. The first-order chi connectivity index (χ1) is 21.7. The minimum Gasteiger partial charge on any atom is -0.493 e. The number of esters is 1. The van der Waals surface area contributed by atoms with E-state index < -0.39 is 0 Å². The molecule has 0 unspecified atom stereocenters. The van der Waals surface area contributed by atoms with Gasteiger partial charge in [0.1, 0.15) is 10.6 Å². The maximum atomic E-state index is 11.4. The van der Waals surface area contributed by atoms with Crippen LogP contribution in [0.5, 0.6) is 5.75 Å². The molecular formula is C43H62O3S2. The van der Waals surface area contributed by atoms with Crippen molar-refractivity contribution in [1.82, 2.24) is 0 Å². The Morgan fingerprint density at radius 2 is 1.42 bits per heavy atom. The van der Waals surface area contributed by atoms with Gasteiger partial charge in [-0.1, -0.05) is 106 Å². The molecule has 5 heteroatoms. The standard InChI is InChI=1S/C12H16O.C12H14S.C11H16O2S.C7H12.CH4/c1-12(2,3)10-4-5-11-9(8-10)6-7-13-11;1-12(2,3)11-8-9-6-4-5-7-10(9)13-11;1-5-13-10(12)8-6-7-9(14-8)11(2,3)4;1-5-6-7(2,3)4;/h4-5,8H,6-7H2,1-3H3;4-8H,1-3H3;6-7H,5H2,1-4H3;1-4H3;1H4. The van der Waals surface area contributed by atoms with Crippen LogP contribution in [0.25, 0.3) is 10.1 Å². The molecule has 0 amide bonds. The van der Waals surface area contributed by atoms with Crippen LogP contribution in [-0.2, 0) is 27.4 Å². The number of hydrogen-bond donors (Lipinski definition) is 0. The highest BCUT2D eigenvalue weighted by Crippen LogP contribution is 2.34. The van der Waals surface area contributed by atoms with Crippen molar-refractivity contribution in [1.29, 1.82) is 0 Å². The van der Waals surface area contributed by atoms with Crippen molar-refractivity contribution < 1.29 is 14.3 Å². The highest BCUT2D eigenvalue weighted by molar-refractivity contribution is 7.19. The van der Waals surface area contributed by atoms with E-state index in [2.05, 4.69) is 143 Å². The molecule has 0 saturated carbocycles. The Bertz CT molecular complexity index is 1600. The summed E-state index contributed by atoms with van der Waals surface area (Å²) in [5.41, 5.74) is 3.59. The zero-order valence-corrected chi connectivity index (χ0v) is 33.1. The molecule has 0 fully saturated rings. The second-order valence-corrected chi connectivity index (χ2v) is 18.0. The van der Waals surface area contributed by atoms with E-state index in [0.717, 1.165) is 18.8 Å². The number of fused-ring (bicyclic) bond motifs is 2. The fourth-order valence-electron chi connectivity index (χ4n) is 4.43. The molecule has 3 heterocycles. The maximum absolute atomic E-state index is 11.4. The topological polar surface area (TPSA) is 35.5 Å². The molecule has 1 aliphatic rings. The second kappa shape index (κ2) is 18.1. The number of thiophene rings is 2. The SMILES string of the molecule is C.CC#CC(C)(C)C.CC(C)(C)c1cc2ccccc2s1.CC(C)(C)c1ccc2c(c1)CCO2.CCOC(=O)c1ccc(C(C)(C)C)s1. The van der Waals surface area contributed by atoms with Crippen molar-refractivity contribution in [3.8, 4) is 17.6 Å². The molecule has 0 aliphatic carbocycles. The lowest BCUT2D eigenvalue weighted by molar-refractivity contribution is 0.0532. The number of rotatable bonds is 2. The molecular weight excluding hydrogens is 629 g/mol. The summed E-state index contributed by atoms with van der Waals surface area (Å²) in [4.78, 5) is 14.7. The number of carbonyl (C=O) groups excluding carboxylic acids is 1. The molecule has 4 aromatic rings. The number of benzene rings is 2. The van der Waals surface area contributed by atoms with Crippen LogP contribution in [0.1, 0.15) is 135 Å². The molecule has 2 aromatic carbocycles. The smallest absolute Gasteiger partial charge is 0.348 e. The Morgan fingerprint density at radius 1 is 0.792 bits per heavy atom. The molecule has 0 atom stereocenters. The molecule has 48 heavy (non-hydrogen) atoms. The highest BCUT2D eigenvalue weighted by Gasteiger charge is 2.20. The summed E-state index contributed by atoms with van der Waals surface area (Å²) in [6, 6.07) is 21.3. The fraction of sp³-hybridized carbons (Fsp3) is 0.512. The molecule has 0 N–H and O–H groups in total. The monoisotopic (exact) mass is 690 g/mol. The lowest BCUT2D eigenvalue weighted by Crippen LogP contribution is -2.10. The van der Waals surface area contributed by atoms with Crippen LogP contribution in [-0.4, -0.2) is 19.2 Å². The third kappa shape index (κ3) is 14.2. The van der Waals surface area contributed by atoms with E-state index in [9.17, 15) is 4.79 Å². The van der Waals surface area contributed by atoms with Crippen LogP contribution in [0.2, 0.25) is 0 Å². The van der Waals surface area contributed by atoms with Gasteiger partial charge in [0.05, 0.1) is 13.2 Å². The molecule has 1 aliphatic heterocycles. The first-order valence-corrected chi connectivity index (χ1v) is 18.3. The van der Waals surface area contributed by atoms with Crippen LogP contribution in [0, 0.1) is 17.3 Å². The number of ether oxygens (including phenoxy) is 2. The van der Waals surface area contributed by atoms with Crippen molar-refractivity contribution in [2.45, 2.75) is 127 Å². The van der Waals surface area contributed by atoms with Crippen LogP contribution in [0.3, 0.4) is 0 Å². The van der Waals surface area contributed by atoms with Gasteiger partial charge in [-0.05, 0) is 97.7 Å². The van der Waals surface area contributed by atoms with E-state index in [1.807, 2.05) is 37.3 Å². The van der Waals surface area contributed by atoms with E-state index in [1.54, 1.807) is 0 Å². The van der Waals surface area contributed by atoms with Crippen LogP contribution in [0.15, 0.2) is 60.7 Å². The summed E-state index contributed by atoms with van der Waals surface area (Å²) in [6.45, 7) is 31.2. The van der Waals surface area contributed by atoms with Gasteiger partial charge < -0.3 is 9.47 Å². The molecule has 0 saturated heterocycles. The number of carbonyl (C=O) groups is 1. The molecule has 264 valence electrons. The van der Waals surface area contributed by atoms with Gasteiger partial charge in [-0.2, -0.15) is 0 Å². The normalized spacial score (nSPS) is 12.2. The average molecular weight is 691 g/mol. The maximum Gasteiger partial charge on any atom is 0.348 e. The largest absolute Gasteiger partial charge is 0.493 e. The van der Waals surface area contributed by atoms with Crippen molar-refractivity contribution in [2.24, 2.45) is 5.41 Å². The Morgan fingerprint density at radius 3 is 1.90 bits per heavy atom. The average Bonchev–Trinajstić information content (AvgIpc) is 3.72. The van der Waals surface area contributed by atoms with Gasteiger partial charge in [0, 0.05) is 26.3 Å². The van der Waals surface area contributed by atoms with E-state index >= 15 is 0 Å². The molecule has 3 nitrogen and oxygen atoms in total. The van der Waals surface area contributed by atoms with Crippen molar-refractivity contribution in [3.63, 3.8) is 0 Å². The summed E-state index contributed by atoms with van der Waals surface area (Å²) in [5.74, 6) is 6.75. The molecule has 5 rings (SSSR count). The van der Waals surface area contributed by atoms with Crippen molar-refractivity contribution >= 4 is 38.7 Å². The molecule has 0 spiro atoms.